The normalized spacial score (nSPS) is 14.6. The molecule has 4 nitrogen and oxygen atoms in total. The average Bonchev–Trinajstić information content (AvgIpc) is 2.36. The van der Waals surface area contributed by atoms with Crippen LogP contribution in [0.3, 0.4) is 0 Å². The molecule has 2 unspecified atom stereocenters. The summed E-state index contributed by atoms with van der Waals surface area (Å²) in [6, 6.07) is 0.654. The lowest BCUT2D eigenvalue weighted by molar-refractivity contribution is -0.130. The Labute approximate surface area is 113 Å². The Morgan fingerprint density at radius 3 is 2.28 bits per heavy atom. The zero-order valence-electron chi connectivity index (χ0n) is 12.8. The maximum absolute atomic E-state index is 11.8. The minimum absolute atomic E-state index is 0.162. The first-order valence-corrected chi connectivity index (χ1v) is 7.13. The third-order valence-electron chi connectivity index (χ3n) is 3.58. The second-order valence-electron chi connectivity index (χ2n) is 5.23. The smallest absolute Gasteiger partial charge is 0.223 e. The van der Waals surface area contributed by atoms with Crippen LogP contribution in [0.4, 0.5) is 0 Å². The summed E-state index contributed by atoms with van der Waals surface area (Å²) < 4.78 is 0. The largest absolute Gasteiger partial charge is 0.349 e. The van der Waals surface area contributed by atoms with Gasteiger partial charge < -0.3 is 10.6 Å². The predicted octanol–water partition coefficient (Wildman–Crippen LogP) is 1.69. The number of carbonyl (C=O) groups is 1. The van der Waals surface area contributed by atoms with Crippen molar-refractivity contribution in [3.8, 4) is 0 Å². The van der Waals surface area contributed by atoms with Gasteiger partial charge in [0.05, 0.1) is 0 Å². The molecule has 4 heteroatoms. The molecule has 0 saturated carbocycles. The van der Waals surface area contributed by atoms with Crippen molar-refractivity contribution in [2.75, 3.05) is 27.2 Å². The Morgan fingerprint density at radius 1 is 1.28 bits per heavy atom. The van der Waals surface area contributed by atoms with Crippen molar-refractivity contribution < 1.29 is 4.79 Å². The average molecular weight is 257 g/mol. The fourth-order valence-corrected chi connectivity index (χ4v) is 2.06. The van der Waals surface area contributed by atoms with E-state index in [0.717, 1.165) is 19.4 Å². The van der Waals surface area contributed by atoms with E-state index in [1.54, 1.807) is 19.0 Å². The van der Waals surface area contributed by atoms with Crippen molar-refractivity contribution in [3.05, 3.63) is 0 Å². The summed E-state index contributed by atoms with van der Waals surface area (Å²) in [5, 5.41) is 0. The maximum Gasteiger partial charge on any atom is 0.223 e. The van der Waals surface area contributed by atoms with Crippen molar-refractivity contribution in [2.24, 2.45) is 5.73 Å². The van der Waals surface area contributed by atoms with Crippen molar-refractivity contribution in [1.29, 1.82) is 0 Å². The summed E-state index contributed by atoms with van der Waals surface area (Å²) in [4.78, 5) is 15.9. The van der Waals surface area contributed by atoms with Gasteiger partial charge in [0.2, 0.25) is 5.91 Å². The molecule has 0 spiro atoms. The van der Waals surface area contributed by atoms with Crippen molar-refractivity contribution in [1.82, 2.24) is 9.80 Å². The Hall–Kier alpha value is -0.610. The highest BCUT2D eigenvalue weighted by atomic mass is 16.2. The maximum atomic E-state index is 11.8. The summed E-state index contributed by atoms with van der Waals surface area (Å²) in [6.45, 7) is 8.18. The summed E-state index contributed by atoms with van der Waals surface area (Å²) in [5.41, 5.74) is 5.87. The van der Waals surface area contributed by atoms with E-state index < -0.39 is 0 Å². The molecule has 0 radical (unpaired) electrons. The van der Waals surface area contributed by atoms with E-state index in [4.69, 9.17) is 5.73 Å². The lowest BCUT2D eigenvalue weighted by atomic mass is 10.1. The second-order valence-corrected chi connectivity index (χ2v) is 5.23. The SMILES string of the molecule is CCCCN(C(C)CC)C(CN)CC(=O)N(C)C. The molecule has 0 fully saturated rings. The lowest BCUT2D eigenvalue weighted by Crippen LogP contribution is -2.48. The zero-order valence-corrected chi connectivity index (χ0v) is 12.8. The van der Waals surface area contributed by atoms with Gasteiger partial charge in [-0.05, 0) is 26.3 Å². The molecule has 18 heavy (non-hydrogen) atoms. The van der Waals surface area contributed by atoms with Gasteiger partial charge in [0, 0.05) is 39.1 Å². The fourth-order valence-electron chi connectivity index (χ4n) is 2.06. The highest BCUT2D eigenvalue weighted by Crippen LogP contribution is 2.13. The van der Waals surface area contributed by atoms with E-state index in [9.17, 15) is 4.79 Å². The molecule has 0 rings (SSSR count). The van der Waals surface area contributed by atoms with Crippen LogP contribution in [-0.4, -0.2) is 55.0 Å². The number of nitrogens with zero attached hydrogens (tertiary/aromatic N) is 2. The van der Waals surface area contributed by atoms with Crippen LogP contribution < -0.4 is 5.73 Å². The molecule has 1 amide bonds. The molecule has 0 saturated heterocycles. The molecule has 2 N–H and O–H groups in total. The molecule has 0 heterocycles. The van der Waals surface area contributed by atoms with E-state index >= 15 is 0 Å². The fraction of sp³-hybridized carbons (Fsp3) is 0.929. The van der Waals surface area contributed by atoms with Crippen LogP contribution in [0.25, 0.3) is 0 Å². The van der Waals surface area contributed by atoms with E-state index in [-0.39, 0.29) is 11.9 Å². The molecule has 0 aliphatic heterocycles. The summed E-state index contributed by atoms with van der Waals surface area (Å²) in [7, 11) is 3.60. The standard InChI is InChI=1S/C14H31N3O/c1-6-8-9-17(12(3)7-2)13(11-15)10-14(18)16(4)5/h12-13H,6-11,15H2,1-5H3. The summed E-state index contributed by atoms with van der Waals surface area (Å²) in [5.74, 6) is 0.162. The van der Waals surface area contributed by atoms with E-state index in [2.05, 4.69) is 25.7 Å². The first-order valence-electron chi connectivity index (χ1n) is 7.13. The minimum Gasteiger partial charge on any atom is -0.349 e. The Kier molecular flexibility index (Phi) is 9.02. The third kappa shape index (κ3) is 5.83. The molecule has 0 bridgehead atoms. The molecule has 0 aromatic rings. The van der Waals surface area contributed by atoms with E-state index in [1.807, 2.05) is 0 Å². The molecule has 2 atom stereocenters. The van der Waals surface area contributed by atoms with Crippen LogP contribution in [0.2, 0.25) is 0 Å². The van der Waals surface area contributed by atoms with Crippen molar-refractivity contribution in [3.63, 3.8) is 0 Å². The molecule has 0 aromatic heterocycles. The lowest BCUT2D eigenvalue weighted by Gasteiger charge is -2.35. The first-order chi connectivity index (χ1) is 8.47. The highest BCUT2D eigenvalue weighted by Gasteiger charge is 2.23. The number of amides is 1. The number of carbonyl (C=O) groups excluding carboxylic acids is 1. The Balaban J connectivity index is 4.63. The molecule has 0 aromatic carbocycles. The molecular formula is C14H31N3O. The first kappa shape index (κ1) is 17.4. The van der Waals surface area contributed by atoms with Crippen LogP contribution in [0.5, 0.6) is 0 Å². The Morgan fingerprint density at radius 2 is 1.89 bits per heavy atom. The second kappa shape index (κ2) is 9.34. The van der Waals surface area contributed by atoms with Crippen LogP contribution in [0, 0.1) is 0 Å². The zero-order chi connectivity index (χ0) is 14.1. The van der Waals surface area contributed by atoms with Gasteiger partial charge in [-0.1, -0.05) is 20.3 Å². The summed E-state index contributed by atoms with van der Waals surface area (Å²) >= 11 is 0. The van der Waals surface area contributed by atoms with Gasteiger partial charge in [-0.25, -0.2) is 0 Å². The van der Waals surface area contributed by atoms with Crippen LogP contribution in [0.1, 0.15) is 46.5 Å². The molecular weight excluding hydrogens is 226 g/mol. The van der Waals surface area contributed by atoms with Gasteiger partial charge in [0.1, 0.15) is 0 Å². The number of unbranched alkanes of at least 4 members (excludes halogenated alkanes) is 1. The predicted molar refractivity (Wildman–Crippen MR) is 77.5 cm³/mol. The minimum atomic E-state index is 0.162. The van der Waals surface area contributed by atoms with Gasteiger partial charge in [0.15, 0.2) is 0 Å². The molecule has 108 valence electrons. The van der Waals surface area contributed by atoms with Crippen molar-refractivity contribution in [2.45, 2.75) is 58.5 Å². The molecule has 0 aliphatic carbocycles. The third-order valence-corrected chi connectivity index (χ3v) is 3.58. The quantitative estimate of drug-likeness (QED) is 0.684. The van der Waals surface area contributed by atoms with E-state index in [0.29, 0.717) is 19.0 Å². The van der Waals surface area contributed by atoms with Crippen LogP contribution in [-0.2, 0) is 4.79 Å². The van der Waals surface area contributed by atoms with Gasteiger partial charge in [-0.15, -0.1) is 0 Å². The van der Waals surface area contributed by atoms with Gasteiger partial charge >= 0.3 is 0 Å². The number of hydrogen-bond acceptors (Lipinski definition) is 3. The van der Waals surface area contributed by atoms with Gasteiger partial charge in [-0.2, -0.15) is 0 Å². The highest BCUT2D eigenvalue weighted by molar-refractivity contribution is 5.76. The monoisotopic (exact) mass is 257 g/mol. The summed E-state index contributed by atoms with van der Waals surface area (Å²) in [6.07, 6.45) is 3.96. The van der Waals surface area contributed by atoms with Crippen LogP contribution >= 0.6 is 0 Å². The number of rotatable bonds is 9. The Bertz CT molecular complexity index is 231. The number of nitrogens with two attached hydrogens (primary N) is 1. The van der Waals surface area contributed by atoms with E-state index in [1.165, 1.54) is 6.42 Å². The van der Waals surface area contributed by atoms with Crippen molar-refractivity contribution >= 4 is 5.91 Å². The van der Waals surface area contributed by atoms with Crippen LogP contribution in [0.15, 0.2) is 0 Å². The van der Waals surface area contributed by atoms with Gasteiger partial charge in [0.25, 0.3) is 0 Å². The molecule has 0 aliphatic rings. The topological polar surface area (TPSA) is 49.6 Å². The van der Waals surface area contributed by atoms with Gasteiger partial charge in [-0.3, -0.25) is 9.69 Å². The number of hydrogen-bond donors (Lipinski definition) is 1.